The van der Waals surface area contributed by atoms with Crippen molar-refractivity contribution in [2.75, 3.05) is 11.9 Å². The van der Waals surface area contributed by atoms with Crippen molar-refractivity contribution in [1.29, 1.82) is 0 Å². The SMILES string of the molecule is O=C(COc1ccccc1F)Nc1ccc(F)c([N+](=O)[O-])c1. The molecule has 1 amide bonds. The van der Waals surface area contributed by atoms with Crippen LogP contribution in [0.2, 0.25) is 0 Å². The summed E-state index contributed by atoms with van der Waals surface area (Å²) in [7, 11) is 0. The van der Waals surface area contributed by atoms with Crippen molar-refractivity contribution in [3.05, 3.63) is 64.2 Å². The Hall–Kier alpha value is -3.03. The first-order chi connectivity index (χ1) is 10.5. The summed E-state index contributed by atoms with van der Waals surface area (Å²) in [6.07, 6.45) is 0. The molecule has 0 radical (unpaired) electrons. The monoisotopic (exact) mass is 308 g/mol. The Kier molecular flexibility index (Phi) is 4.62. The third kappa shape index (κ3) is 3.75. The second-order valence-corrected chi connectivity index (χ2v) is 4.19. The van der Waals surface area contributed by atoms with Crippen LogP contribution in [0.1, 0.15) is 0 Å². The Bertz CT molecular complexity index is 722. The van der Waals surface area contributed by atoms with Gasteiger partial charge in [-0.15, -0.1) is 0 Å². The molecule has 0 atom stereocenters. The largest absolute Gasteiger partial charge is 0.481 e. The van der Waals surface area contributed by atoms with Gasteiger partial charge in [0.15, 0.2) is 18.2 Å². The van der Waals surface area contributed by atoms with Gasteiger partial charge in [-0.3, -0.25) is 14.9 Å². The van der Waals surface area contributed by atoms with E-state index in [-0.39, 0.29) is 11.4 Å². The number of para-hydroxylation sites is 1. The number of hydrogen-bond donors (Lipinski definition) is 1. The van der Waals surface area contributed by atoms with Gasteiger partial charge in [-0.1, -0.05) is 12.1 Å². The van der Waals surface area contributed by atoms with Crippen LogP contribution < -0.4 is 10.1 Å². The van der Waals surface area contributed by atoms with E-state index in [1.54, 1.807) is 6.07 Å². The summed E-state index contributed by atoms with van der Waals surface area (Å²) in [6, 6.07) is 8.46. The molecule has 0 aliphatic rings. The van der Waals surface area contributed by atoms with Crippen LogP contribution in [0.15, 0.2) is 42.5 Å². The molecule has 2 aromatic carbocycles. The quantitative estimate of drug-likeness (QED) is 0.680. The van der Waals surface area contributed by atoms with Gasteiger partial charge in [-0.25, -0.2) is 4.39 Å². The molecule has 0 saturated carbocycles. The molecular weight excluding hydrogens is 298 g/mol. The van der Waals surface area contributed by atoms with E-state index in [0.717, 1.165) is 12.1 Å². The number of carbonyl (C=O) groups is 1. The van der Waals surface area contributed by atoms with Crippen molar-refractivity contribution < 1.29 is 23.2 Å². The lowest BCUT2D eigenvalue weighted by atomic mass is 10.2. The van der Waals surface area contributed by atoms with Gasteiger partial charge in [-0.05, 0) is 24.3 Å². The van der Waals surface area contributed by atoms with Crippen LogP contribution in [0.4, 0.5) is 20.2 Å². The summed E-state index contributed by atoms with van der Waals surface area (Å²) in [5.74, 6) is -2.38. The highest BCUT2D eigenvalue weighted by molar-refractivity contribution is 5.92. The van der Waals surface area contributed by atoms with E-state index in [9.17, 15) is 23.7 Å². The average Bonchev–Trinajstić information content (AvgIpc) is 2.48. The van der Waals surface area contributed by atoms with E-state index in [1.165, 1.54) is 24.3 Å². The van der Waals surface area contributed by atoms with Crippen molar-refractivity contribution in [1.82, 2.24) is 0 Å². The van der Waals surface area contributed by atoms with Gasteiger partial charge in [0.25, 0.3) is 5.91 Å². The van der Waals surface area contributed by atoms with Crippen molar-refractivity contribution in [3.8, 4) is 5.75 Å². The molecule has 0 saturated heterocycles. The summed E-state index contributed by atoms with van der Waals surface area (Å²) in [6.45, 7) is -0.494. The van der Waals surface area contributed by atoms with E-state index in [0.29, 0.717) is 0 Å². The number of anilines is 1. The van der Waals surface area contributed by atoms with Gasteiger partial charge < -0.3 is 10.1 Å². The van der Waals surface area contributed by atoms with Gasteiger partial charge in [0.1, 0.15) is 0 Å². The zero-order valence-corrected chi connectivity index (χ0v) is 11.1. The highest BCUT2D eigenvalue weighted by Crippen LogP contribution is 2.21. The molecule has 2 rings (SSSR count). The van der Waals surface area contributed by atoms with E-state index in [2.05, 4.69) is 5.32 Å². The molecule has 0 heterocycles. The Labute approximate surface area is 123 Å². The zero-order valence-electron chi connectivity index (χ0n) is 11.1. The number of nitro groups is 1. The molecule has 6 nitrogen and oxygen atoms in total. The number of rotatable bonds is 5. The third-order valence-corrected chi connectivity index (χ3v) is 2.62. The lowest BCUT2D eigenvalue weighted by Gasteiger charge is -2.08. The fourth-order valence-electron chi connectivity index (χ4n) is 1.63. The lowest BCUT2D eigenvalue weighted by molar-refractivity contribution is -0.387. The number of nitro benzene ring substituents is 1. The predicted octanol–water partition coefficient (Wildman–Crippen LogP) is 2.89. The van der Waals surface area contributed by atoms with Crippen LogP contribution in [0, 0.1) is 21.7 Å². The van der Waals surface area contributed by atoms with E-state index in [1.807, 2.05) is 0 Å². The Morgan fingerprint density at radius 1 is 1.18 bits per heavy atom. The first kappa shape index (κ1) is 15.4. The smallest absolute Gasteiger partial charge is 0.306 e. The Morgan fingerprint density at radius 2 is 1.91 bits per heavy atom. The summed E-state index contributed by atoms with van der Waals surface area (Å²) in [5, 5.41) is 12.9. The number of nitrogens with one attached hydrogen (secondary N) is 1. The summed E-state index contributed by atoms with van der Waals surface area (Å²) < 4.78 is 31.4. The van der Waals surface area contributed by atoms with E-state index in [4.69, 9.17) is 4.74 Å². The average molecular weight is 308 g/mol. The second kappa shape index (κ2) is 6.61. The van der Waals surface area contributed by atoms with Crippen molar-refractivity contribution in [2.24, 2.45) is 0 Å². The fourth-order valence-corrected chi connectivity index (χ4v) is 1.63. The van der Waals surface area contributed by atoms with Crippen molar-refractivity contribution >= 4 is 17.3 Å². The van der Waals surface area contributed by atoms with Gasteiger partial charge in [0, 0.05) is 11.8 Å². The molecule has 22 heavy (non-hydrogen) atoms. The fraction of sp³-hybridized carbons (Fsp3) is 0.0714. The van der Waals surface area contributed by atoms with E-state index >= 15 is 0 Å². The van der Waals surface area contributed by atoms with Crippen LogP contribution in [-0.2, 0) is 4.79 Å². The lowest BCUT2D eigenvalue weighted by Crippen LogP contribution is -2.20. The summed E-state index contributed by atoms with van der Waals surface area (Å²) in [5.41, 5.74) is -0.719. The van der Waals surface area contributed by atoms with Gasteiger partial charge >= 0.3 is 5.69 Å². The second-order valence-electron chi connectivity index (χ2n) is 4.19. The van der Waals surface area contributed by atoms with Gasteiger partial charge in [0.2, 0.25) is 5.82 Å². The number of carbonyl (C=O) groups excluding carboxylic acids is 1. The topological polar surface area (TPSA) is 81.5 Å². The van der Waals surface area contributed by atoms with Crippen LogP contribution in [0.25, 0.3) is 0 Å². The van der Waals surface area contributed by atoms with Crippen LogP contribution in [-0.4, -0.2) is 17.4 Å². The normalized spacial score (nSPS) is 10.1. The summed E-state index contributed by atoms with van der Waals surface area (Å²) in [4.78, 5) is 21.3. The predicted molar refractivity (Wildman–Crippen MR) is 73.6 cm³/mol. The molecule has 0 bridgehead atoms. The number of amides is 1. The number of ether oxygens (including phenoxy) is 1. The molecule has 114 valence electrons. The molecule has 0 aliphatic carbocycles. The molecule has 0 spiro atoms. The standard InChI is InChI=1S/C14H10F2N2O4/c15-10-6-5-9(7-12(10)18(20)21)17-14(19)8-22-13-4-2-1-3-11(13)16/h1-7H,8H2,(H,17,19). The minimum atomic E-state index is -1.01. The minimum absolute atomic E-state index is 0.0373. The molecule has 1 N–H and O–H groups in total. The number of benzene rings is 2. The van der Waals surface area contributed by atoms with Crippen molar-refractivity contribution in [2.45, 2.75) is 0 Å². The van der Waals surface area contributed by atoms with Crippen LogP contribution in [0.3, 0.4) is 0 Å². The maximum absolute atomic E-state index is 13.3. The van der Waals surface area contributed by atoms with Gasteiger partial charge in [0.05, 0.1) is 4.92 Å². The Balaban J connectivity index is 1.99. The molecule has 2 aromatic rings. The molecule has 0 aromatic heterocycles. The van der Waals surface area contributed by atoms with Crippen molar-refractivity contribution in [3.63, 3.8) is 0 Å². The summed E-state index contributed by atoms with van der Waals surface area (Å²) >= 11 is 0. The first-order valence-electron chi connectivity index (χ1n) is 6.08. The zero-order chi connectivity index (χ0) is 16.1. The maximum atomic E-state index is 13.3. The molecular formula is C14H10F2N2O4. The molecule has 0 aliphatic heterocycles. The number of halogens is 2. The first-order valence-corrected chi connectivity index (χ1v) is 6.08. The van der Waals surface area contributed by atoms with Crippen LogP contribution >= 0.6 is 0 Å². The number of hydrogen-bond acceptors (Lipinski definition) is 4. The number of nitrogens with zero attached hydrogens (tertiary/aromatic N) is 1. The van der Waals surface area contributed by atoms with Crippen LogP contribution in [0.5, 0.6) is 5.75 Å². The third-order valence-electron chi connectivity index (χ3n) is 2.62. The molecule has 8 heteroatoms. The molecule has 0 fully saturated rings. The Morgan fingerprint density at radius 3 is 2.59 bits per heavy atom. The highest BCUT2D eigenvalue weighted by Gasteiger charge is 2.15. The maximum Gasteiger partial charge on any atom is 0.306 e. The molecule has 0 unspecified atom stereocenters. The minimum Gasteiger partial charge on any atom is -0.481 e. The van der Waals surface area contributed by atoms with Gasteiger partial charge in [-0.2, -0.15) is 4.39 Å². The highest BCUT2D eigenvalue weighted by atomic mass is 19.1. The van der Waals surface area contributed by atoms with E-state index < -0.39 is 34.8 Å².